The molecule has 4 aromatic rings. The second-order valence-electron chi connectivity index (χ2n) is 8.18. The van der Waals surface area contributed by atoms with Crippen LogP contribution < -0.4 is 10.2 Å². The van der Waals surface area contributed by atoms with Gasteiger partial charge in [-0.3, -0.25) is 9.78 Å². The van der Waals surface area contributed by atoms with Crippen molar-refractivity contribution in [3.05, 3.63) is 93.4 Å². The van der Waals surface area contributed by atoms with Gasteiger partial charge in [-0.05, 0) is 41.3 Å². The van der Waals surface area contributed by atoms with Crippen molar-refractivity contribution >= 4 is 28.5 Å². The first kappa shape index (κ1) is 20.8. The summed E-state index contributed by atoms with van der Waals surface area (Å²) in [6.45, 7) is 6.34. The largest absolute Gasteiger partial charge is 0.452 e. The molecule has 2 aromatic carbocycles. The highest BCUT2D eigenvalue weighted by atomic mass is 35.5. The Kier molecular flexibility index (Phi) is 5.38. The highest BCUT2D eigenvalue weighted by Crippen LogP contribution is 2.33. The van der Waals surface area contributed by atoms with Crippen LogP contribution in [0.5, 0.6) is 5.75 Å². The summed E-state index contributed by atoms with van der Waals surface area (Å²) >= 11 is 6.07. The van der Waals surface area contributed by atoms with Gasteiger partial charge in [-0.15, -0.1) is 0 Å². The molecule has 0 saturated carbocycles. The van der Waals surface area contributed by atoms with Crippen molar-refractivity contribution in [3.8, 4) is 17.1 Å². The van der Waals surface area contributed by atoms with Crippen LogP contribution in [0.15, 0.2) is 76.2 Å². The minimum atomic E-state index is -0.677. The van der Waals surface area contributed by atoms with Crippen molar-refractivity contribution in [1.29, 1.82) is 0 Å². The zero-order chi connectivity index (χ0) is 22.2. The molecule has 0 aliphatic rings. The highest BCUT2D eigenvalue weighted by molar-refractivity contribution is 6.31. The van der Waals surface area contributed by atoms with Crippen LogP contribution in [0.25, 0.3) is 22.3 Å². The van der Waals surface area contributed by atoms with Crippen LogP contribution in [0.4, 0.5) is 0 Å². The average Bonchev–Trinajstić information content (AvgIpc) is 2.76. The van der Waals surface area contributed by atoms with Crippen LogP contribution in [-0.2, 0) is 5.41 Å². The molecule has 156 valence electrons. The lowest BCUT2D eigenvalue weighted by atomic mass is 9.86. The maximum Gasteiger partial charge on any atom is 0.343 e. The summed E-state index contributed by atoms with van der Waals surface area (Å²) in [4.78, 5) is 29.8. The number of esters is 1. The van der Waals surface area contributed by atoms with E-state index in [9.17, 15) is 9.59 Å². The average molecular weight is 434 g/mol. The molecule has 31 heavy (non-hydrogen) atoms. The first-order chi connectivity index (χ1) is 14.7. The molecule has 0 amide bonds. The van der Waals surface area contributed by atoms with Crippen LogP contribution in [0.2, 0.25) is 5.02 Å². The molecule has 2 heterocycles. The zero-order valence-electron chi connectivity index (χ0n) is 17.3. The third kappa shape index (κ3) is 4.23. The Morgan fingerprint density at radius 2 is 1.68 bits per heavy atom. The normalized spacial score (nSPS) is 11.5. The molecule has 2 aromatic heterocycles. The number of pyridine rings is 1. The Bertz CT molecular complexity index is 1320. The van der Waals surface area contributed by atoms with Crippen LogP contribution in [0, 0.1) is 0 Å². The lowest BCUT2D eigenvalue weighted by Gasteiger charge is -2.19. The number of nitrogens with zero attached hydrogens (tertiary/aromatic N) is 1. The number of hydrogen-bond donors (Lipinski definition) is 0. The third-order valence-corrected chi connectivity index (χ3v) is 5.17. The monoisotopic (exact) mass is 433 g/mol. The zero-order valence-corrected chi connectivity index (χ0v) is 18.1. The Hall–Kier alpha value is -3.44. The minimum Gasteiger partial charge on any atom is -0.452 e. The summed E-state index contributed by atoms with van der Waals surface area (Å²) in [5, 5.41) is 0.619. The molecule has 0 radical (unpaired) electrons. The van der Waals surface area contributed by atoms with Crippen molar-refractivity contribution in [1.82, 2.24) is 4.98 Å². The number of ether oxygens (including phenoxy) is 1. The summed E-state index contributed by atoms with van der Waals surface area (Å²) in [6, 6.07) is 15.4. The van der Waals surface area contributed by atoms with Crippen molar-refractivity contribution in [2.75, 3.05) is 0 Å². The quantitative estimate of drug-likeness (QED) is 0.369. The standard InChI is InChI=1S/C25H20ClNO4/c1-25(2,3)17-6-4-15(5-7-17)22-23(31-24(29)16-10-12-27-13-11-16)21(28)19-14-18(26)8-9-20(19)30-22/h4-14H,1-3H3. The van der Waals surface area contributed by atoms with Gasteiger partial charge in [0.25, 0.3) is 0 Å². The second kappa shape index (κ2) is 8.00. The van der Waals surface area contributed by atoms with E-state index in [1.807, 2.05) is 24.3 Å². The number of halogens is 1. The number of aromatic nitrogens is 1. The SMILES string of the molecule is CC(C)(C)c1ccc(-c2oc3ccc(Cl)cc3c(=O)c2OC(=O)c2ccncc2)cc1. The Morgan fingerprint density at radius 3 is 2.32 bits per heavy atom. The number of rotatable bonds is 3. The fourth-order valence-corrected chi connectivity index (χ4v) is 3.37. The molecule has 0 aliphatic heterocycles. The van der Waals surface area contributed by atoms with Crippen molar-refractivity contribution in [2.45, 2.75) is 26.2 Å². The van der Waals surface area contributed by atoms with E-state index in [0.29, 0.717) is 16.2 Å². The molecule has 5 nitrogen and oxygen atoms in total. The smallest absolute Gasteiger partial charge is 0.343 e. The van der Waals surface area contributed by atoms with Crippen molar-refractivity contribution in [2.24, 2.45) is 0 Å². The van der Waals surface area contributed by atoms with Gasteiger partial charge in [0.15, 0.2) is 5.76 Å². The predicted octanol–water partition coefficient (Wildman–Crippen LogP) is 6.03. The van der Waals surface area contributed by atoms with Gasteiger partial charge >= 0.3 is 5.97 Å². The number of carbonyl (C=O) groups is 1. The Labute approximate surface area is 184 Å². The Morgan fingerprint density at radius 1 is 1.00 bits per heavy atom. The molecule has 0 spiro atoms. The number of hydrogen-bond acceptors (Lipinski definition) is 5. The topological polar surface area (TPSA) is 69.4 Å². The van der Waals surface area contributed by atoms with Gasteiger partial charge in [0.05, 0.1) is 10.9 Å². The molecule has 4 rings (SSSR count). The van der Waals surface area contributed by atoms with E-state index in [0.717, 1.165) is 5.56 Å². The molecule has 0 unspecified atom stereocenters. The van der Waals surface area contributed by atoms with Gasteiger partial charge in [0, 0.05) is 23.0 Å². The molecular weight excluding hydrogens is 414 g/mol. The number of fused-ring (bicyclic) bond motifs is 1. The van der Waals surface area contributed by atoms with Crippen molar-refractivity contribution in [3.63, 3.8) is 0 Å². The number of benzene rings is 2. The fourth-order valence-electron chi connectivity index (χ4n) is 3.19. The summed E-state index contributed by atoms with van der Waals surface area (Å²) in [6.07, 6.45) is 2.96. The second-order valence-corrected chi connectivity index (χ2v) is 8.62. The van der Waals surface area contributed by atoms with Crippen LogP contribution in [-0.4, -0.2) is 11.0 Å². The van der Waals surface area contributed by atoms with Gasteiger partial charge < -0.3 is 9.15 Å². The maximum atomic E-state index is 13.3. The van der Waals surface area contributed by atoms with Gasteiger partial charge in [0.1, 0.15) is 5.58 Å². The minimum absolute atomic E-state index is 0.0316. The lowest BCUT2D eigenvalue weighted by Crippen LogP contribution is -2.16. The van der Waals surface area contributed by atoms with Gasteiger partial charge in [-0.2, -0.15) is 0 Å². The molecule has 0 aliphatic carbocycles. The van der Waals surface area contributed by atoms with Crippen LogP contribution in [0.3, 0.4) is 0 Å². The highest BCUT2D eigenvalue weighted by Gasteiger charge is 2.22. The van der Waals surface area contributed by atoms with E-state index < -0.39 is 11.4 Å². The maximum absolute atomic E-state index is 13.3. The van der Waals surface area contributed by atoms with Gasteiger partial charge in [-0.1, -0.05) is 56.6 Å². The summed E-state index contributed by atoms with van der Waals surface area (Å²) in [5.41, 5.74) is 1.88. The van der Waals surface area contributed by atoms with Crippen molar-refractivity contribution < 1.29 is 13.9 Å². The van der Waals surface area contributed by atoms with E-state index in [1.54, 1.807) is 12.1 Å². The van der Waals surface area contributed by atoms with Gasteiger partial charge in [-0.25, -0.2) is 4.79 Å². The van der Waals surface area contributed by atoms with E-state index in [1.165, 1.54) is 30.6 Å². The molecule has 0 atom stereocenters. The molecular formula is C25H20ClNO4. The summed E-state index contributed by atoms with van der Waals surface area (Å²) in [5.74, 6) is -0.675. The third-order valence-electron chi connectivity index (χ3n) is 4.93. The number of carbonyl (C=O) groups excluding carboxylic acids is 1. The fraction of sp³-hybridized carbons (Fsp3) is 0.160. The molecule has 0 saturated heterocycles. The summed E-state index contributed by atoms with van der Waals surface area (Å²) < 4.78 is 11.6. The molecule has 0 fully saturated rings. The van der Waals surface area contributed by atoms with Crippen LogP contribution >= 0.6 is 11.6 Å². The first-order valence-corrected chi connectivity index (χ1v) is 10.1. The van der Waals surface area contributed by atoms with E-state index in [4.69, 9.17) is 20.8 Å². The van der Waals surface area contributed by atoms with E-state index in [2.05, 4.69) is 25.8 Å². The molecule has 0 N–H and O–H groups in total. The van der Waals surface area contributed by atoms with E-state index in [-0.39, 0.29) is 27.9 Å². The Balaban J connectivity index is 1.89. The van der Waals surface area contributed by atoms with Crippen LogP contribution in [0.1, 0.15) is 36.7 Å². The summed E-state index contributed by atoms with van der Waals surface area (Å²) in [7, 11) is 0. The lowest BCUT2D eigenvalue weighted by molar-refractivity contribution is 0.0731. The first-order valence-electron chi connectivity index (χ1n) is 9.73. The molecule has 0 bridgehead atoms. The predicted molar refractivity (Wildman–Crippen MR) is 121 cm³/mol. The van der Waals surface area contributed by atoms with Gasteiger partial charge in [0.2, 0.25) is 11.2 Å². The van der Waals surface area contributed by atoms with E-state index >= 15 is 0 Å². The molecule has 6 heteroatoms.